The lowest BCUT2D eigenvalue weighted by atomic mass is 9.99. The number of hydrogen-bond donors (Lipinski definition) is 2. The molecule has 0 radical (unpaired) electrons. The van der Waals surface area contributed by atoms with E-state index in [1.54, 1.807) is 0 Å². The van der Waals surface area contributed by atoms with E-state index in [-0.39, 0.29) is 18.6 Å². The summed E-state index contributed by atoms with van der Waals surface area (Å²) in [5.41, 5.74) is 0. The minimum Gasteiger partial charge on any atom is -0.395 e. The lowest BCUT2D eigenvalue weighted by Crippen LogP contribution is -2.54. The molecule has 2 rings (SSSR count). The van der Waals surface area contributed by atoms with Crippen LogP contribution in [0.3, 0.4) is 0 Å². The van der Waals surface area contributed by atoms with Crippen LogP contribution in [0.2, 0.25) is 0 Å². The second-order valence-corrected chi connectivity index (χ2v) is 5.79. The largest absolute Gasteiger partial charge is 0.395 e. The lowest BCUT2D eigenvalue weighted by molar-refractivity contribution is -0.138. The smallest absolute Gasteiger partial charge is 0.240 e. The summed E-state index contributed by atoms with van der Waals surface area (Å²) in [5.74, 6) is 0.198. The molecule has 0 aromatic rings. The van der Waals surface area contributed by atoms with E-state index < -0.39 is 0 Å². The number of amides is 1. The molecule has 110 valence electrons. The van der Waals surface area contributed by atoms with Gasteiger partial charge in [-0.15, -0.1) is 0 Å². The van der Waals surface area contributed by atoms with Gasteiger partial charge in [-0.25, -0.2) is 0 Å². The molecule has 1 amide bonds. The second kappa shape index (κ2) is 7.22. The molecule has 1 atom stereocenters. The van der Waals surface area contributed by atoms with Crippen LogP contribution in [0.4, 0.5) is 0 Å². The number of nitrogens with zero attached hydrogens (tertiary/aromatic N) is 2. The van der Waals surface area contributed by atoms with Gasteiger partial charge in [-0.3, -0.25) is 4.79 Å². The first-order valence-corrected chi connectivity index (χ1v) is 7.55. The summed E-state index contributed by atoms with van der Waals surface area (Å²) in [6, 6.07) is 0.277. The van der Waals surface area contributed by atoms with Crippen molar-refractivity contribution in [1.29, 1.82) is 0 Å². The lowest BCUT2D eigenvalue weighted by Gasteiger charge is -2.39. The summed E-state index contributed by atoms with van der Waals surface area (Å²) in [6.07, 6.45) is 5.28. The predicted molar refractivity (Wildman–Crippen MR) is 75.0 cm³/mol. The van der Waals surface area contributed by atoms with Crippen molar-refractivity contribution in [1.82, 2.24) is 15.1 Å². The van der Waals surface area contributed by atoms with E-state index in [1.165, 1.54) is 0 Å². The minimum atomic E-state index is -0.0278. The SMILES string of the molecule is CN1CCC(N(CCO)C(=O)[C@H]2CCCCN2)CC1. The molecule has 2 saturated heterocycles. The summed E-state index contributed by atoms with van der Waals surface area (Å²) < 4.78 is 0. The average Bonchev–Trinajstić information content (AvgIpc) is 2.46. The Morgan fingerprint density at radius 3 is 2.63 bits per heavy atom. The van der Waals surface area contributed by atoms with E-state index >= 15 is 0 Å². The Morgan fingerprint density at radius 1 is 1.32 bits per heavy atom. The van der Waals surface area contributed by atoms with E-state index in [9.17, 15) is 9.90 Å². The van der Waals surface area contributed by atoms with E-state index in [0.29, 0.717) is 12.6 Å². The highest BCUT2D eigenvalue weighted by molar-refractivity contribution is 5.82. The number of hydrogen-bond acceptors (Lipinski definition) is 4. The Hall–Kier alpha value is -0.650. The van der Waals surface area contributed by atoms with Crippen molar-refractivity contribution in [2.24, 2.45) is 0 Å². The molecule has 0 aromatic carbocycles. The van der Waals surface area contributed by atoms with Crippen LogP contribution in [0.25, 0.3) is 0 Å². The van der Waals surface area contributed by atoms with Crippen LogP contribution in [0, 0.1) is 0 Å². The quantitative estimate of drug-likeness (QED) is 0.757. The van der Waals surface area contributed by atoms with Gasteiger partial charge in [0.05, 0.1) is 12.6 Å². The molecule has 2 fully saturated rings. The van der Waals surface area contributed by atoms with Gasteiger partial charge >= 0.3 is 0 Å². The zero-order valence-electron chi connectivity index (χ0n) is 12.0. The number of carbonyl (C=O) groups excluding carboxylic acids is 1. The average molecular weight is 269 g/mol. The van der Waals surface area contributed by atoms with E-state index in [2.05, 4.69) is 17.3 Å². The predicted octanol–water partition coefficient (Wildman–Crippen LogP) is 0.0436. The van der Waals surface area contributed by atoms with Crippen molar-refractivity contribution in [3.05, 3.63) is 0 Å². The Labute approximate surface area is 115 Å². The Kier molecular flexibility index (Phi) is 5.60. The fraction of sp³-hybridized carbons (Fsp3) is 0.929. The minimum absolute atomic E-state index is 0.0278. The zero-order chi connectivity index (χ0) is 13.7. The van der Waals surface area contributed by atoms with Gasteiger partial charge in [-0.2, -0.15) is 0 Å². The summed E-state index contributed by atoms with van der Waals surface area (Å²) in [6.45, 7) is 3.56. The molecule has 0 saturated carbocycles. The van der Waals surface area contributed by atoms with Gasteiger partial charge in [-0.05, 0) is 52.4 Å². The molecule has 2 aliphatic heterocycles. The van der Waals surface area contributed by atoms with Gasteiger partial charge in [0.25, 0.3) is 0 Å². The van der Waals surface area contributed by atoms with Crippen molar-refractivity contribution in [3.63, 3.8) is 0 Å². The molecule has 5 heteroatoms. The van der Waals surface area contributed by atoms with Crippen LogP contribution in [-0.2, 0) is 4.79 Å². The van der Waals surface area contributed by atoms with Gasteiger partial charge < -0.3 is 20.2 Å². The molecule has 2 aliphatic rings. The summed E-state index contributed by atoms with van der Waals surface area (Å²) in [4.78, 5) is 16.8. The third-order valence-corrected chi connectivity index (χ3v) is 4.36. The molecule has 5 nitrogen and oxygen atoms in total. The van der Waals surface area contributed by atoms with E-state index in [0.717, 1.165) is 51.7 Å². The Balaban J connectivity index is 1.95. The number of aliphatic hydroxyl groups is 1. The van der Waals surface area contributed by atoms with Crippen LogP contribution < -0.4 is 5.32 Å². The summed E-state index contributed by atoms with van der Waals surface area (Å²) in [5, 5.41) is 12.6. The number of rotatable bonds is 4. The molecule has 0 aliphatic carbocycles. The molecule has 0 bridgehead atoms. The third kappa shape index (κ3) is 3.91. The Bertz CT molecular complexity index is 284. The molecular weight excluding hydrogens is 242 g/mol. The van der Waals surface area contributed by atoms with Gasteiger partial charge in [-0.1, -0.05) is 6.42 Å². The molecular formula is C14H27N3O2. The number of likely N-dealkylation sites (tertiary alicyclic amines) is 1. The fourth-order valence-corrected chi connectivity index (χ4v) is 3.15. The number of nitrogens with one attached hydrogen (secondary N) is 1. The van der Waals surface area contributed by atoms with Gasteiger partial charge in [0.15, 0.2) is 0 Å². The normalized spacial score (nSPS) is 26.3. The molecule has 0 unspecified atom stereocenters. The highest BCUT2D eigenvalue weighted by atomic mass is 16.3. The highest BCUT2D eigenvalue weighted by Crippen LogP contribution is 2.18. The maximum atomic E-state index is 12.6. The molecule has 2 N–H and O–H groups in total. The first-order chi connectivity index (χ1) is 9.22. The van der Waals surface area contributed by atoms with E-state index in [4.69, 9.17) is 0 Å². The van der Waals surface area contributed by atoms with Crippen LogP contribution in [0.1, 0.15) is 32.1 Å². The highest BCUT2D eigenvalue weighted by Gasteiger charge is 2.31. The summed E-state index contributed by atoms with van der Waals surface area (Å²) in [7, 11) is 2.12. The van der Waals surface area contributed by atoms with Crippen molar-refractivity contribution in [2.75, 3.05) is 39.8 Å². The van der Waals surface area contributed by atoms with Crippen LogP contribution in [0.5, 0.6) is 0 Å². The second-order valence-electron chi connectivity index (χ2n) is 5.79. The fourth-order valence-electron chi connectivity index (χ4n) is 3.15. The summed E-state index contributed by atoms with van der Waals surface area (Å²) >= 11 is 0. The monoisotopic (exact) mass is 269 g/mol. The van der Waals surface area contributed by atoms with Crippen molar-refractivity contribution >= 4 is 5.91 Å². The molecule has 2 heterocycles. The number of aliphatic hydroxyl groups excluding tert-OH is 1. The maximum absolute atomic E-state index is 12.6. The van der Waals surface area contributed by atoms with Gasteiger partial charge in [0.1, 0.15) is 0 Å². The van der Waals surface area contributed by atoms with Gasteiger partial charge in [0, 0.05) is 12.6 Å². The van der Waals surface area contributed by atoms with Crippen molar-refractivity contribution in [2.45, 2.75) is 44.2 Å². The Morgan fingerprint density at radius 2 is 2.05 bits per heavy atom. The maximum Gasteiger partial charge on any atom is 0.240 e. The number of piperidine rings is 2. The van der Waals surface area contributed by atoms with Crippen LogP contribution >= 0.6 is 0 Å². The molecule has 0 aromatic heterocycles. The molecule has 19 heavy (non-hydrogen) atoms. The molecule has 0 spiro atoms. The standard InChI is InChI=1S/C14H27N3O2/c1-16-8-5-12(6-9-16)17(10-11-18)14(19)13-4-2-3-7-15-13/h12-13,15,18H,2-11H2,1H3/t13-/m1/s1. The van der Waals surface area contributed by atoms with Crippen LogP contribution in [0.15, 0.2) is 0 Å². The number of carbonyl (C=O) groups is 1. The van der Waals surface area contributed by atoms with E-state index in [1.807, 2.05) is 4.90 Å². The van der Waals surface area contributed by atoms with Crippen LogP contribution in [-0.4, -0.2) is 72.7 Å². The third-order valence-electron chi connectivity index (χ3n) is 4.36. The zero-order valence-corrected chi connectivity index (χ0v) is 12.0. The topological polar surface area (TPSA) is 55.8 Å². The first-order valence-electron chi connectivity index (χ1n) is 7.55. The van der Waals surface area contributed by atoms with Gasteiger partial charge in [0.2, 0.25) is 5.91 Å². The van der Waals surface area contributed by atoms with Crippen molar-refractivity contribution in [3.8, 4) is 0 Å². The van der Waals surface area contributed by atoms with Crippen molar-refractivity contribution < 1.29 is 9.90 Å². The first kappa shape index (κ1) is 14.8.